The van der Waals surface area contributed by atoms with Crippen molar-refractivity contribution in [1.29, 1.82) is 0 Å². The van der Waals surface area contributed by atoms with Crippen LogP contribution in [0.3, 0.4) is 0 Å². The lowest BCUT2D eigenvalue weighted by Gasteiger charge is -2.31. The van der Waals surface area contributed by atoms with Crippen LogP contribution >= 0.6 is 0 Å². The number of likely N-dealkylation sites (tertiary alicyclic amines) is 1. The molecule has 9 heteroatoms. The van der Waals surface area contributed by atoms with Crippen LogP contribution in [-0.2, 0) is 4.79 Å². The first kappa shape index (κ1) is 21.6. The first-order valence-corrected chi connectivity index (χ1v) is 10.5. The van der Waals surface area contributed by atoms with Gasteiger partial charge in [0.1, 0.15) is 11.6 Å². The molecule has 2 heterocycles. The van der Waals surface area contributed by atoms with E-state index in [0.717, 1.165) is 0 Å². The Bertz CT molecular complexity index is 1080. The van der Waals surface area contributed by atoms with Crippen LogP contribution in [0.15, 0.2) is 52.7 Å². The molecule has 2 aromatic rings. The number of azo groups is 1. The lowest BCUT2D eigenvalue weighted by atomic mass is 9.95. The second kappa shape index (κ2) is 9.25. The minimum atomic E-state index is -0.870. The Morgan fingerprint density at radius 1 is 1.19 bits per heavy atom. The van der Waals surface area contributed by atoms with Crippen LogP contribution in [0, 0.1) is 11.7 Å². The normalized spacial score (nSPS) is 18.2. The van der Waals surface area contributed by atoms with Gasteiger partial charge in [-0.15, -0.1) is 10.2 Å². The summed E-state index contributed by atoms with van der Waals surface area (Å²) < 4.78 is 20.3. The standard InChI is InChI=1S/C23H23FN4O4/c1-2-25-20(29)14-9-11-28(12-10-14)23(31)18-13-15(7-8-19(18)24)32-22-17-6-4-3-5-16(17)21(30)26-27-22/h3-8,13-14,22H,2,9-12H2,1H3,(H,25,29). The molecule has 2 aromatic carbocycles. The number of hydrogen-bond acceptors (Lipinski definition) is 5. The van der Waals surface area contributed by atoms with E-state index in [2.05, 4.69) is 15.5 Å². The maximum absolute atomic E-state index is 14.5. The lowest BCUT2D eigenvalue weighted by Crippen LogP contribution is -2.43. The Morgan fingerprint density at radius 2 is 1.94 bits per heavy atom. The number of amides is 3. The molecule has 0 aliphatic carbocycles. The zero-order valence-corrected chi connectivity index (χ0v) is 17.6. The Kier molecular flexibility index (Phi) is 6.25. The Balaban J connectivity index is 1.48. The van der Waals surface area contributed by atoms with Gasteiger partial charge in [0.15, 0.2) is 0 Å². The summed E-state index contributed by atoms with van der Waals surface area (Å²) in [7, 11) is 0. The Labute approximate surface area is 184 Å². The molecular weight excluding hydrogens is 415 g/mol. The van der Waals surface area contributed by atoms with Gasteiger partial charge in [0.05, 0.1) is 11.1 Å². The highest BCUT2D eigenvalue weighted by atomic mass is 19.1. The number of halogens is 1. The molecule has 2 aliphatic rings. The summed E-state index contributed by atoms with van der Waals surface area (Å²) in [6, 6.07) is 10.7. The molecule has 3 amide bonds. The zero-order chi connectivity index (χ0) is 22.7. The molecule has 0 radical (unpaired) electrons. The predicted molar refractivity (Wildman–Crippen MR) is 113 cm³/mol. The van der Waals surface area contributed by atoms with E-state index in [0.29, 0.717) is 43.6 Å². The molecule has 8 nitrogen and oxygen atoms in total. The minimum absolute atomic E-state index is 0.0124. The SMILES string of the molecule is CCNC(=O)C1CCN(C(=O)c2cc(OC3N=NC(=O)c4ccccc43)ccc2F)CC1. The second-order valence-electron chi connectivity index (χ2n) is 7.68. The van der Waals surface area contributed by atoms with Gasteiger partial charge in [-0.1, -0.05) is 18.2 Å². The molecule has 166 valence electrons. The van der Waals surface area contributed by atoms with Gasteiger partial charge in [-0.2, -0.15) is 0 Å². The Hall–Kier alpha value is -3.62. The quantitative estimate of drug-likeness (QED) is 0.772. The van der Waals surface area contributed by atoms with Crippen LogP contribution < -0.4 is 10.1 Å². The third-order valence-corrected chi connectivity index (χ3v) is 5.63. The van der Waals surface area contributed by atoms with Crippen molar-refractivity contribution >= 4 is 17.7 Å². The maximum Gasteiger partial charge on any atom is 0.295 e. The summed E-state index contributed by atoms with van der Waals surface area (Å²) in [6.07, 6.45) is 0.191. The average molecular weight is 438 g/mol. The summed E-state index contributed by atoms with van der Waals surface area (Å²) in [5, 5.41) is 10.3. The van der Waals surface area contributed by atoms with Gasteiger partial charge in [-0.05, 0) is 44.0 Å². The molecule has 1 saturated heterocycles. The largest absolute Gasteiger partial charge is 0.463 e. The molecule has 1 N–H and O–H groups in total. The van der Waals surface area contributed by atoms with Crippen molar-refractivity contribution < 1.29 is 23.5 Å². The fourth-order valence-electron chi connectivity index (χ4n) is 3.92. The third-order valence-electron chi connectivity index (χ3n) is 5.63. The number of piperidine rings is 1. The van der Waals surface area contributed by atoms with Crippen LogP contribution in [0.4, 0.5) is 4.39 Å². The predicted octanol–water partition coefficient (Wildman–Crippen LogP) is 3.50. The second-order valence-corrected chi connectivity index (χ2v) is 7.68. The van der Waals surface area contributed by atoms with Gasteiger partial charge in [-0.3, -0.25) is 14.4 Å². The van der Waals surface area contributed by atoms with Crippen LogP contribution in [0.25, 0.3) is 0 Å². The van der Waals surface area contributed by atoms with Gasteiger partial charge < -0.3 is 15.0 Å². The molecule has 0 spiro atoms. The first-order valence-electron chi connectivity index (χ1n) is 10.5. The number of benzene rings is 2. The van der Waals surface area contributed by atoms with Crippen molar-refractivity contribution in [2.45, 2.75) is 26.0 Å². The smallest absolute Gasteiger partial charge is 0.295 e. The van der Waals surface area contributed by atoms with E-state index in [-0.39, 0.29) is 23.1 Å². The number of carbonyl (C=O) groups excluding carboxylic acids is 3. The highest BCUT2D eigenvalue weighted by molar-refractivity contribution is 5.97. The number of hydrogen-bond donors (Lipinski definition) is 1. The number of rotatable bonds is 5. The fraction of sp³-hybridized carbons (Fsp3) is 0.348. The van der Waals surface area contributed by atoms with E-state index in [1.165, 1.54) is 18.2 Å². The van der Waals surface area contributed by atoms with Crippen molar-refractivity contribution in [3.63, 3.8) is 0 Å². The Morgan fingerprint density at radius 3 is 2.69 bits per heavy atom. The average Bonchev–Trinajstić information content (AvgIpc) is 2.82. The summed E-state index contributed by atoms with van der Waals surface area (Å²) in [6.45, 7) is 3.17. The molecule has 0 aromatic heterocycles. The van der Waals surface area contributed by atoms with Crippen molar-refractivity contribution in [3.05, 3.63) is 65.0 Å². The van der Waals surface area contributed by atoms with E-state index in [4.69, 9.17) is 4.74 Å². The summed E-state index contributed by atoms with van der Waals surface area (Å²) in [5.74, 6) is -1.48. The number of nitrogens with one attached hydrogen (secondary N) is 1. The highest BCUT2D eigenvalue weighted by Crippen LogP contribution is 2.31. The summed E-state index contributed by atoms with van der Waals surface area (Å²) in [4.78, 5) is 38.4. The van der Waals surface area contributed by atoms with Crippen LogP contribution in [0.2, 0.25) is 0 Å². The number of ether oxygens (including phenoxy) is 1. The molecule has 0 bridgehead atoms. The van der Waals surface area contributed by atoms with Gasteiger partial charge in [0.2, 0.25) is 12.1 Å². The van der Waals surface area contributed by atoms with Gasteiger partial charge in [-0.25, -0.2) is 4.39 Å². The topological polar surface area (TPSA) is 100 Å². The zero-order valence-electron chi connectivity index (χ0n) is 17.6. The van der Waals surface area contributed by atoms with Crippen molar-refractivity contribution in [2.75, 3.05) is 19.6 Å². The van der Waals surface area contributed by atoms with Crippen molar-refractivity contribution in [1.82, 2.24) is 10.2 Å². The van der Waals surface area contributed by atoms with Crippen molar-refractivity contribution in [2.24, 2.45) is 16.1 Å². The monoisotopic (exact) mass is 438 g/mol. The lowest BCUT2D eigenvalue weighted by molar-refractivity contribution is -0.126. The molecule has 1 fully saturated rings. The minimum Gasteiger partial charge on any atom is -0.463 e. The van der Waals surface area contributed by atoms with Crippen LogP contribution in [0.5, 0.6) is 5.75 Å². The van der Waals surface area contributed by atoms with Gasteiger partial charge >= 0.3 is 0 Å². The molecule has 32 heavy (non-hydrogen) atoms. The van der Waals surface area contributed by atoms with E-state index >= 15 is 0 Å². The van der Waals surface area contributed by atoms with E-state index in [9.17, 15) is 18.8 Å². The molecule has 2 aliphatic heterocycles. The third kappa shape index (κ3) is 4.37. The highest BCUT2D eigenvalue weighted by Gasteiger charge is 2.29. The summed E-state index contributed by atoms with van der Waals surface area (Å²) in [5.41, 5.74) is 0.828. The maximum atomic E-state index is 14.5. The number of carbonyl (C=O) groups is 3. The first-order chi connectivity index (χ1) is 15.5. The van der Waals surface area contributed by atoms with Gasteiger partial charge in [0.25, 0.3) is 11.8 Å². The molecule has 0 saturated carbocycles. The van der Waals surface area contributed by atoms with Crippen LogP contribution in [0.1, 0.15) is 52.3 Å². The number of fused-ring (bicyclic) bond motifs is 1. The van der Waals surface area contributed by atoms with E-state index < -0.39 is 23.9 Å². The van der Waals surface area contributed by atoms with E-state index in [1.54, 1.807) is 29.2 Å². The van der Waals surface area contributed by atoms with Gasteiger partial charge in [0, 0.05) is 31.1 Å². The van der Waals surface area contributed by atoms with E-state index in [1.807, 2.05) is 6.92 Å². The number of nitrogens with zero attached hydrogens (tertiary/aromatic N) is 3. The van der Waals surface area contributed by atoms with Crippen LogP contribution in [-0.4, -0.2) is 42.3 Å². The van der Waals surface area contributed by atoms with Crippen molar-refractivity contribution in [3.8, 4) is 5.75 Å². The fourth-order valence-corrected chi connectivity index (χ4v) is 3.92. The summed E-state index contributed by atoms with van der Waals surface area (Å²) >= 11 is 0. The molecule has 4 rings (SSSR count). The molecule has 1 unspecified atom stereocenters. The molecular formula is C23H23FN4O4. The molecule has 1 atom stereocenters.